The van der Waals surface area contributed by atoms with Crippen LogP contribution in [0.4, 0.5) is 0 Å². The van der Waals surface area contributed by atoms with Crippen LogP contribution in [0.3, 0.4) is 0 Å². The van der Waals surface area contributed by atoms with E-state index in [0.29, 0.717) is 17.6 Å². The fourth-order valence-corrected chi connectivity index (χ4v) is 3.59. The van der Waals surface area contributed by atoms with Gasteiger partial charge < -0.3 is 9.84 Å². The molecule has 2 atom stereocenters. The molecule has 6 heteroatoms. The lowest BCUT2D eigenvalue weighted by molar-refractivity contribution is -0.123. The first-order valence-electron chi connectivity index (χ1n) is 7.67. The maximum atomic E-state index is 12.4. The van der Waals surface area contributed by atoms with Gasteiger partial charge in [-0.3, -0.25) is 4.79 Å². The Morgan fingerprint density at radius 3 is 2.91 bits per heavy atom. The highest BCUT2D eigenvalue weighted by Crippen LogP contribution is 2.59. The molecule has 5 nitrogen and oxygen atoms in total. The molecule has 1 amide bonds. The van der Waals surface area contributed by atoms with Crippen LogP contribution in [-0.4, -0.2) is 16.0 Å². The molecule has 3 rings (SSSR count). The quantitative estimate of drug-likeness (QED) is 0.849. The van der Waals surface area contributed by atoms with Crippen molar-refractivity contribution in [3.63, 3.8) is 0 Å². The van der Waals surface area contributed by atoms with Crippen molar-refractivity contribution in [2.45, 2.75) is 34.2 Å². The van der Waals surface area contributed by atoms with Crippen molar-refractivity contribution in [1.82, 2.24) is 15.5 Å². The largest absolute Gasteiger partial charge is 0.347 e. The highest BCUT2D eigenvalue weighted by Gasteiger charge is 2.60. The van der Waals surface area contributed by atoms with Gasteiger partial charge in [-0.15, -0.1) is 0 Å². The number of carbonyl (C=O) groups is 1. The van der Waals surface area contributed by atoms with E-state index >= 15 is 0 Å². The van der Waals surface area contributed by atoms with E-state index in [1.165, 1.54) is 5.57 Å². The Bertz CT molecular complexity index is 727. The summed E-state index contributed by atoms with van der Waals surface area (Å²) in [4.78, 5) is 16.7. The van der Waals surface area contributed by atoms with Gasteiger partial charge in [0.15, 0.2) is 0 Å². The highest BCUT2D eigenvalue weighted by atomic mass is 32.1. The van der Waals surface area contributed by atoms with Gasteiger partial charge in [-0.25, -0.2) is 0 Å². The molecule has 0 bridgehead atoms. The standard InChI is InChI=1S/C17H21N3O2S/c1-10(2)7-12-14(17(12,3)4)16(21)18-8-13-19-15(20-22-13)11-5-6-23-9-11/h5-7,9,12,14H,8H2,1-4H3,(H,18,21)/t12-,14+/m1/s1. The Balaban J connectivity index is 1.59. The van der Waals surface area contributed by atoms with E-state index in [1.54, 1.807) is 11.3 Å². The van der Waals surface area contributed by atoms with Gasteiger partial charge in [-0.1, -0.05) is 30.7 Å². The van der Waals surface area contributed by atoms with E-state index < -0.39 is 0 Å². The summed E-state index contributed by atoms with van der Waals surface area (Å²) < 4.78 is 5.20. The summed E-state index contributed by atoms with van der Waals surface area (Å²) in [6, 6.07) is 1.94. The number of nitrogens with zero attached hydrogens (tertiary/aromatic N) is 2. The zero-order chi connectivity index (χ0) is 16.6. The summed E-state index contributed by atoms with van der Waals surface area (Å²) in [6.45, 7) is 8.65. The van der Waals surface area contributed by atoms with Crippen molar-refractivity contribution in [2.24, 2.45) is 17.3 Å². The van der Waals surface area contributed by atoms with Crippen molar-refractivity contribution in [3.05, 3.63) is 34.4 Å². The van der Waals surface area contributed by atoms with E-state index in [4.69, 9.17) is 4.52 Å². The number of aromatic nitrogens is 2. The minimum atomic E-state index is 0.0108. The first-order valence-corrected chi connectivity index (χ1v) is 8.62. The second-order valence-electron chi connectivity index (χ2n) is 6.81. The molecule has 2 aromatic rings. The van der Waals surface area contributed by atoms with E-state index in [9.17, 15) is 4.79 Å². The van der Waals surface area contributed by atoms with E-state index in [1.807, 2.05) is 16.8 Å². The predicted molar refractivity (Wildman–Crippen MR) is 89.6 cm³/mol. The second-order valence-corrected chi connectivity index (χ2v) is 7.59. The normalized spacial score (nSPS) is 21.7. The summed E-state index contributed by atoms with van der Waals surface area (Å²) in [5.74, 6) is 1.35. The Morgan fingerprint density at radius 2 is 2.26 bits per heavy atom. The molecule has 0 radical (unpaired) electrons. The van der Waals surface area contributed by atoms with Gasteiger partial charge in [-0.05, 0) is 36.6 Å². The molecule has 122 valence electrons. The molecule has 1 N–H and O–H groups in total. The number of hydrogen-bond donors (Lipinski definition) is 1. The number of hydrogen-bond acceptors (Lipinski definition) is 5. The first-order chi connectivity index (χ1) is 10.9. The Hall–Kier alpha value is -1.95. The van der Waals surface area contributed by atoms with Gasteiger partial charge in [0.05, 0.1) is 12.5 Å². The van der Waals surface area contributed by atoms with Crippen LogP contribution in [0, 0.1) is 17.3 Å². The number of allylic oxidation sites excluding steroid dienone is 2. The molecule has 1 aliphatic rings. The van der Waals surface area contributed by atoms with Crippen LogP contribution in [0.2, 0.25) is 0 Å². The van der Waals surface area contributed by atoms with Crippen LogP contribution < -0.4 is 5.32 Å². The molecule has 1 saturated carbocycles. The topological polar surface area (TPSA) is 68.0 Å². The van der Waals surface area contributed by atoms with Crippen molar-refractivity contribution in [3.8, 4) is 11.4 Å². The fourth-order valence-electron chi connectivity index (χ4n) is 2.96. The third kappa shape index (κ3) is 3.22. The number of amides is 1. The molecule has 0 aliphatic heterocycles. The van der Waals surface area contributed by atoms with Gasteiger partial charge in [0.2, 0.25) is 17.6 Å². The van der Waals surface area contributed by atoms with Crippen molar-refractivity contribution < 1.29 is 9.32 Å². The lowest BCUT2D eigenvalue weighted by Gasteiger charge is -2.03. The molecule has 0 spiro atoms. The lowest BCUT2D eigenvalue weighted by Crippen LogP contribution is -2.26. The van der Waals surface area contributed by atoms with Crippen LogP contribution in [0.1, 0.15) is 33.6 Å². The highest BCUT2D eigenvalue weighted by molar-refractivity contribution is 7.08. The average Bonchev–Trinajstić information content (AvgIpc) is 2.96. The molecule has 1 aliphatic carbocycles. The van der Waals surface area contributed by atoms with Crippen LogP contribution in [0.15, 0.2) is 33.0 Å². The van der Waals surface area contributed by atoms with E-state index in [0.717, 1.165) is 5.56 Å². The summed E-state index contributed by atoms with van der Waals surface area (Å²) in [5, 5.41) is 10.8. The molecular formula is C17H21N3O2S. The molecule has 0 aromatic carbocycles. The minimum absolute atomic E-state index is 0.0108. The Morgan fingerprint density at radius 1 is 1.48 bits per heavy atom. The van der Waals surface area contributed by atoms with Gasteiger partial charge in [0.1, 0.15) is 0 Å². The van der Waals surface area contributed by atoms with Crippen LogP contribution in [0.5, 0.6) is 0 Å². The SMILES string of the molecule is CC(C)=C[C@@H]1[C@@H](C(=O)NCc2nc(-c3ccsc3)no2)C1(C)C. The monoisotopic (exact) mass is 331 g/mol. The van der Waals surface area contributed by atoms with Crippen molar-refractivity contribution in [1.29, 1.82) is 0 Å². The first kappa shape index (κ1) is 15.9. The maximum Gasteiger partial charge on any atom is 0.246 e. The van der Waals surface area contributed by atoms with Gasteiger partial charge in [-0.2, -0.15) is 16.3 Å². The second kappa shape index (κ2) is 5.92. The summed E-state index contributed by atoms with van der Waals surface area (Å²) in [6.07, 6.45) is 2.19. The molecular weight excluding hydrogens is 310 g/mol. The van der Waals surface area contributed by atoms with E-state index in [-0.39, 0.29) is 23.8 Å². The summed E-state index contributed by atoms with van der Waals surface area (Å²) in [7, 11) is 0. The van der Waals surface area contributed by atoms with Crippen LogP contribution >= 0.6 is 11.3 Å². The summed E-state index contributed by atoms with van der Waals surface area (Å²) >= 11 is 1.58. The van der Waals surface area contributed by atoms with Crippen LogP contribution in [-0.2, 0) is 11.3 Å². The van der Waals surface area contributed by atoms with Crippen molar-refractivity contribution in [2.75, 3.05) is 0 Å². The maximum absolute atomic E-state index is 12.4. The molecule has 23 heavy (non-hydrogen) atoms. The number of rotatable bonds is 5. The van der Waals surface area contributed by atoms with E-state index in [2.05, 4.69) is 49.2 Å². The van der Waals surface area contributed by atoms with Crippen LogP contribution in [0.25, 0.3) is 11.4 Å². The lowest BCUT2D eigenvalue weighted by atomic mass is 10.1. The average molecular weight is 331 g/mol. The molecule has 0 saturated heterocycles. The Labute approximate surface area is 139 Å². The van der Waals surface area contributed by atoms with Gasteiger partial charge in [0, 0.05) is 10.9 Å². The zero-order valence-electron chi connectivity index (χ0n) is 13.8. The smallest absolute Gasteiger partial charge is 0.246 e. The van der Waals surface area contributed by atoms with Gasteiger partial charge in [0.25, 0.3) is 0 Å². The van der Waals surface area contributed by atoms with Gasteiger partial charge >= 0.3 is 0 Å². The third-order valence-electron chi connectivity index (χ3n) is 4.37. The molecule has 2 heterocycles. The molecule has 1 fully saturated rings. The number of carbonyl (C=O) groups excluding carboxylic acids is 1. The fraction of sp³-hybridized carbons (Fsp3) is 0.471. The molecule has 0 unspecified atom stereocenters. The zero-order valence-corrected chi connectivity index (χ0v) is 14.6. The number of nitrogens with one attached hydrogen (secondary N) is 1. The third-order valence-corrected chi connectivity index (χ3v) is 5.05. The number of thiophene rings is 1. The molecule has 2 aromatic heterocycles. The summed E-state index contributed by atoms with van der Waals surface area (Å²) in [5.41, 5.74) is 2.19. The predicted octanol–water partition coefficient (Wildman–Crippen LogP) is 3.65. The van der Waals surface area contributed by atoms with Crippen molar-refractivity contribution >= 4 is 17.2 Å². The Kier molecular flexibility index (Phi) is 4.10. The minimum Gasteiger partial charge on any atom is -0.347 e.